The maximum atomic E-state index is 12.7. The lowest BCUT2D eigenvalue weighted by atomic mass is 10.5. The first-order valence-electron chi connectivity index (χ1n) is 3.48. The number of pyridine rings is 1. The van der Waals surface area contributed by atoms with Crippen LogP contribution in [0.25, 0.3) is 0 Å². The van der Waals surface area contributed by atoms with E-state index >= 15 is 0 Å². The molecule has 78 valence electrons. The summed E-state index contributed by atoms with van der Waals surface area (Å²) in [7, 11) is 0. The van der Waals surface area contributed by atoms with Crippen LogP contribution in [-0.2, 0) is 0 Å². The van der Waals surface area contributed by atoms with Gasteiger partial charge in [-0.1, -0.05) is 11.6 Å². The molecule has 1 aromatic rings. The summed E-state index contributed by atoms with van der Waals surface area (Å²) in [6.45, 7) is 0. The van der Waals surface area contributed by atoms with Crippen LogP contribution in [0, 0.1) is 0 Å². The fourth-order valence-corrected chi connectivity index (χ4v) is 1.43. The molecular formula is C7H6ClF3N2S. The number of nitrogens with zero attached hydrogens (tertiary/aromatic N) is 1. The van der Waals surface area contributed by atoms with Crippen molar-refractivity contribution in [2.45, 2.75) is 15.8 Å². The summed E-state index contributed by atoms with van der Waals surface area (Å²) in [5.41, 5.74) is 2.51. The largest absolute Gasteiger partial charge is 0.384 e. The molecule has 0 aliphatic carbocycles. The number of nitrogens with two attached hydrogens (primary N) is 1. The second-order valence-electron chi connectivity index (χ2n) is 2.38. The Balaban J connectivity index is 2.74. The standard InChI is InChI=1S/C7H6ClF3N2S/c8-6(9)7(10,11)14-4-1-2-5(12)13-3-4/h1-3,6H,(H2,12,13). The Morgan fingerprint density at radius 3 is 2.57 bits per heavy atom. The smallest absolute Gasteiger partial charge is 0.342 e. The van der Waals surface area contributed by atoms with Gasteiger partial charge in [-0.2, -0.15) is 8.78 Å². The zero-order valence-electron chi connectivity index (χ0n) is 6.75. The predicted octanol–water partition coefficient (Wildman–Crippen LogP) is 2.88. The molecule has 0 saturated heterocycles. The summed E-state index contributed by atoms with van der Waals surface area (Å²) in [6.07, 6.45) is 1.13. The molecule has 0 fully saturated rings. The number of alkyl halides is 4. The third-order valence-corrected chi connectivity index (χ3v) is 2.63. The zero-order chi connectivity index (χ0) is 10.8. The molecule has 7 heteroatoms. The lowest BCUT2D eigenvalue weighted by Crippen LogP contribution is -2.20. The van der Waals surface area contributed by atoms with Gasteiger partial charge in [-0.3, -0.25) is 0 Å². The molecule has 14 heavy (non-hydrogen) atoms. The monoisotopic (exact) mass is 242 g/mol. The van der Waals surface area contributed by atoms with E-state index < -0.39 is 10.9 Å². The zero-order valence-corrected chi connectivity index (χ0v) is 8.33. The summed E-state index contributed by atoms with van der Waals surface area (Å²) in [6, 6.07) is 2.67. The van der Waals surface area contributed by atoms with Crippen LogP contribution in [0.15, 0.2) is 23.2 Å². The van der Waals surface area contributed by atoms with Crippen molar-refractivity contribution in [3.05, 3.63) is 18.3 Å². The summed E-state index contributed by atoms with van der Waals surface area (Å²) >= 11 is 4.67. The molecule has 2 nitrogen and oxygen atoms in total. The summed E-state index contributed by atoms with van der Waals surface area (Å²) < 4.78 is 37.7. The van der Waals surface area contributed by atoms with E-state index in [2.05, 4.69) is 16.6 Å². The minimum Gasteiger partial charge on any atom is -0.384 e. The van der Waals surface area contributed by atoms with Crippen LogP contribution in [0.3, 0.4) is 0 Å². The van der Waals surface area contributed by atoms with Crippen molar-refractivity contribution >= 4 is 29.2 Å². The van der Waals surface area contributed by atoms with Gasteiger partial charge in [0.25, 0.3) is 0 Å². The quantitative estimate of drug-likeness (QED) is 0.654. The molecule has 1 rings (SSSR count). The van der Waals surface area contributed by atoms with Gasteiger partial charge in [0.1, 0.15) is 5.82 Å². The first-order chi connectivity index (χ1) is 6.42. The van der Waals surface area contributed by atoms with Crippen molar-refractivity contribution < 1.29 is 13.2 Å². The molecule has 2 N–H and O–H groups in total. The highest BCUT2D eigenvalue weighted by molar-refractivity contribution is 8.00. The number of thioether (sulfide) groups is 1. The number of anilines is 1. The maximum absolute atomic E-state index is 12.7. The molecule has 1 heterocycles. The molecule has 0 saturated carbocycles. The number of rotatable bonds is 3. The SMILES string of the molecule is Nc1ccc(SC(F)(F)C(F)Cl)cn1. The summed E-state index contributed by atoms with van der Waals surface area (Å²) in [4.78, 5) is 3.68. The molecule has 1 aromatic heterocycles. The first-order valence-corrected chi connectivity index (χ1v) is 4.73. The van der Waals surface area contributed by atoms with Gasteiger partial charge < -0.3 is 5.73 Å². The highest BCUT2D eigenvalue weighted by Crippen LogP contribution is 2.40. The number of hydrogen-bond donors (Lipinski definition) is 1. The van der Waals surface area contributed by atoms with Crippen molar-refractivity contribution in [1.82, 2.24) is 4.98 Å². The Labute approximate surface area is 87.6 Å². The van der Waals surface area contributed by atoms with Crippen LogP contribution in [-0.4, -0.2) is 15.9 Å². The highest BCUT2D eigenvalue weighted by atomic mass is 35.5. The Morgan fingerprint density at radius 1 is 1.50 bits per heavy atom. The highest BCUT2D eigenvalue weighted by Gasteiger charge is 2.40. The van der Waals surface area contributed by atoms with Gasteiger partial charge >= 0.3 is 5.25 Å². The lowest BCUT2D eigenvalue weighted by molar-refractivity contribution is 0.0537. The normalized spacial score (nSPS) is 14.0. The van der Waals surface area contributed by atoms with Crippen molar-refractivity contribution in [2.75, 3.05) is 5.73 Å². The second-order valence-corrected chi connectivity index (χ2v) is 3.99. The van der Waals surface area contributed by atoms with Crippen LogP contribution >= 0.6 is 23.4 Å². The van der Waals surface area contributed by atoms with E-state index in [-0.39, 0.29) is 22.5 Å². The molecule has 0 aromatic carbocycles. The van der Waals surface area contributed by atoms with Crippen LogP contribution < -0.4 is 5.73 Å². The molecule has 0 bridgehead atoms. The Kier molecular flexibility index (Phi) is 3.49. The Bertz CT molecular complexity index is 304. The van der Waals surface area contributed by atoms with Gasteiger partial charge in [0, 0.05) is 11.1 Å². The van der Waals surface area contributed by atoms with Gasteiger partial charge in [-0.25, -0.2) is 9.37 Å². The fraction of sp³-hybridized carbons (Fsp3) is 0.286. The van der Waals surface area contributed by atoms with Gasteiger partial charge in [-0.15, -0.1) is 0 Å². The van der Waals surface area contributed by atoms with E-state index in [0.29, 0.717) is 0 Å². The van der Waals surface area contributed by atoms with Crippen LogP contribution in [0.5, 0.6) is 0 Å². The molecule has 0 amide bonds. The van der Waals surface area contributed by atoms with Crippen LogP contribution in [0.1, 0.15) is 0 Å². The van der Waals surface area contributed by atoms with E-state index in [1.807, 2.05) is 0 Å². The fourth-order valence-electron chi connectivity index (χ4n) is 0.654. The number of aromatic nitrogens is 1. The molecule has 0 spiro atoms. The summed E-state index contributed by atoms with van der Waals surface area (Å²) in [5, 5.41) is -3.67. The second kappa shape index (κ2) is 4.27. The lowest BCUT2D eigenvalue weighted by Gasteiger charge is -2.14. The number of halogens is 4. The Morgan fingerprint density at radius 2 is 2.14 bits per heavy atom. The average molecular weight is 243 g/mol. The number of nitrogen functional groups attached to an aromatic ring is 1. The van der Waals surface area contributed by atoms with Crippen molar-refractivity contribution in [3.8, 4) is 0 Å². The van der Waals surface area contributed by atoms with Crippen LogP contribution in [0.2, 0.25) is 0 Å². The predicted molar refractivity (Wildman–Crippen MR) is 50.2 cm³/mol. The minimum atomic E-state index is -3.67. The summed E-state index contributed by atoms with van der Waals surface area (Å²) in [5.74, 6) is 0.209. The molecule has 1 unspecified atom stereocenters. The average Bonchev–Trinajstić information content (AvgIpc) is 2.08. The van der Waals surface area contributed by atoms with Crippen LogP contribution in [0.4, 0.5) is 19.0 Å². The first kappa shape index (κ1) is 11.5. The molecular weight excluding hydrogens is 237 g/mol. The molecule has 0 radical (unpaired) electrons. The van der Waals surface area contributed by atoms with Gasteiger partial charge in [0.15, 0.2) is 0 Å². The topological polar surface area (TPSA) is 38.9 Å². The number of hydrogen-bond acceptors (Lipinski definition) is 3. The van der Waals surface area contributed by atoms with Gasteiger partial charge in [0.2, 0.25) is 5.63 Å². The molecule has 0 aliphatic heterocycles. The van der Waals surface area contributed by atoms with Gasteiger partial charge in [0.05, 0.1) is 0 Å². The van der Waals surface area contributed by atoms with E-state index in [0.717, 1.165) is 6.20 Å². The van der Waals surface area contributed by atoms with E-state index in [9.17, 15) is 13.2 Å². The Hall–Kier alpha value is -0.620. The van der Waals surface area contributed by atoms with Crippen molar-refractivity contribution in [1.29, 1.82) is 0 Å². The van der Waals surface area contributed by atoms with Crippen molar-refractivity contribution in [2.24, 2.45) is 0 Å². The molecule has 1 atom stereocenters. The van der Waals surface area contributed by atoms with E-state index in [1.54, 1.807) is 0 Å². The third kappa shape index (κ3) is 2.95. The van der Waals surface area contributed by atoms with E-state index in [4.69, 9.17) is 5.73 Å². The van der Waals surface area contributed by atoms with Gasteiger partial charge in [-0.05, 0) is 23.9 Å². The third-order valence-electron chi connectivity index (χ3n) is 1.27. The van der Waals surface area contributed by atoms with E-state index in [1.165, 1.54) is 12.1 Å². The maximum Gasteiger partial charge on any atom is 0.342 e. The molecule has 0 aliphatic rings. The van der Waals surface area contributed by atoms with Crippen molar-refractivity contribution in [3.63, 3.8) is 0 Å². The minimum absolute atomic E-state index is 0.00435.